The number of thiazole rings is 1. The zero-order valence-electron chi connectivity index (χ0n) is 15.4. The van der Waals surface area contributed by atoms with Crippen molar-refractivity contribution in [3.8, 4) is 0 Å². The van der Waals surface area contributed by atoms with E-state index in [9.17, 15) is 4.79 Å². The van der Waals surface area contributed by atoms with Gasteiger partial charge in [0.1, 0.15) is 5.01 Å². The van der Waals surface area contributed by atoms with Crippen LogP contribution in [0.4, 0.5) is 0 Å². The first kappa shape index (κ1) is 17.1. The van der Waals surface area contributed by atoms with Gasteiger partial charge in [0, 0.05) is 24.5 Å². The molecular formula is C22H20N4OS. The number of hydrogen-bond acceptors (Lipinski definition) is 4. The molecule has 4 aromatic rings. The van der Waals surface area contributed by atoms with Crippen molar-refractivity contribution < 1.29 is 4.79 Å². The second-order valence-electron chi connectivity index (χ2n) is 7.08. The van der Waals surface area contributed by atoms with Crippen molar-refractivity contribution in [1.29, 1.82) is 0 Å². The Balaban J connectivity index is 1.36. The molecule has 28 heavy (non-hydrogen) atoms. The lowest BCUT2D eigenvalue weighted by Gasteiger charge is -2.23. The predicted octanol–water partition coefficient (Wildman–Crippen LogP) is 4.52. The molecule has 0 radical (unpaired) electrons. The van der Waals surface area contributed by atoms with E-state index in [0.717, 1.165) is 41.0 Å². The number of benzene rings is 2. The summed E-state index contributed by atoms with van der Waals surface area (Å²) in [4.78, 5) is 19.9. The molecule has 0 aliphatic carbocycles. The van der Waals surface area contributed by atoms with E-state index < -0.39 is 0 Å². The van der Waals surface area contributed by atoms with Crippen LogP contribution in [0, 0.1) is 0 Å². The number of rotatable bonds is 4. The molecule has 5 rings (SSSR count). The maximum absolute atomic E-state index is 13.2. The van der Waals surface area contributed by atoms with Crippen LogP contribution >= 0.6 is 11.3 Å². The second-order valence-corrected chi connectivity index (χ2v) is 8.14. The number of carbonyl (C=O) groups is 1. The Kier molecular flexibility index (Phi) is 4.41. The molecule has 140 valence electrons. The fraction of sp³-hybridized carbons (Fsp3) is 0.227. The van der Waals surface area contributed by atoms with Crippen molar-refractivity contribution in [2.45, 2.75) is 25.4 Å². The quantitative estimate of drug-likeness (QED) is 0.516. The summed E-state index contributed by atoms with van der Waals surface area (Å²) in [5.41, 5.74) is 2.88. The Hall–Kier alpha value is -2.99. The van der Waals surface area contributed by atoms with E-state index in [1.807, 2.05) is 64.3 Å². The number of hydrogen-bond donors (Lipinski definition) is 0. The second kappa shape index (κ2) is 7.20. The first-order chi connectivity index (χ1) is 13.8. The van der Waals surface area contributed by atoms with Gasteiger partial charge in [-0.15, -0.1) is 11.3 Å². The monoisotopic (exact) mass is 388 g/mol. The molecule has 1 aliphatic heterocycles. The van der Waals surface area contributed by atoms with Crippen LogP contribution in [-0.2, 0) is 6.54 Å². The van der Waals surface area contributed by atoms with Crippen LogP contribution in [0.5, 0.6) is 0 Å². The van der Waals surface area contributed by atoms with Gasteiger partial charge >= 0.3 is 0 Å². The largest absolute Gasteiger partial charge is 0.329 e. The van der Waals surface area contributed by atoms with Gasteiger partial charge in [-0.1, -0.05) is 24.3 Å². The number of likely N-dealkylation sites (tertiary alicyclic amines) is 1. The van der Waals surface area contributed by atoms with Crippen molar-refractivity contribution in [1.82, 2.24) is 19.7 Å². The molecule has 2 aromatic carbocycles. The Morgan fingerprint density at radius 2 is 1.96 bits per heavy atom. The molecule has 0 unspecified atom stereocenters. The van der Waals surface area contributed by atoms with Crippen molar-refractivity contribution in [2.24, 2.45) is 0 Å². The van der Waals surface area contributed by atoms with Crippen molar-refractivity contribution >= 4 is 27.5 Å². The molecule has 1 saturated heterocycles. The Bertz CT molecular complexity index is 1070. The number of fused-ring (bicyclic) bond motifs is 1. The molecule has 0 spiro atoms. The van der Waals surface area contributed by atoms with Gasteiger partial charge in [-0.25, -0.2) is 4.98 Å². The van der Waals surface area contributed by atoms with Crippen molar-refractivity contribution in [3.05, 3.63) is 83.1 Å². The highest BCUT2D eigenvalue weighted by Crippen LogP contribution is 2.37. The van der Waals surface area contributed by atoms with Gasteiger partial charge in [0.2, 0.25) is 0 Å². The minimum atomic E-state index is 0.0775. The summed E-state index contributed by atoms with van der Waals surface area (Å²) in [5, 5.41) is 5.27. The highest BCUT2D eigenvalue weighted by molar-refractivity contribution is 7.18. The van der Waals surface area contributed by atoms with Crippen molar-refractivity contribution in [3.63, 3.8) is 0 Å². The van der Waals surface area contributed by atoms with Gasteiger partial charge in [-0.05, 0) is 48.7 Å². The average Bonchev–Trinajstić information content (AvgIpc) is 3.47. The lowest BCUT2D eigenvalue weighted by Crippen LogP contribution is -2.30. The van der Waals surface area contributed by atoms with Crippen LogP contribution in [0.3, 0.4) is 0 Å². The summed E-state index contributed by atoms with van der Waals surface area (Å²) < 4.78 is 3.06. The molecule has 2 aromatic heterocycles. The Morgan fingerprint density at radius 3 is 2.75 bits per heavy atom. The van der Waals surface area contributed by atoms with Crippen LogP contribution in [-0.4, -0.2) is 32.1 Å². The molecule has 1 amide bonds. The zero-order valence-corrected chi connectivity index (χ0v) is 16.2. The number of nitrogens with zero attached hydrogens (tertiary/aromatic N) is 4. The first-order valence-corrected chi connectivity index (χ1v) is 10.3. The lowest BCUT2D eigenvalue weighted by molar-refractivity contribution is 0.0735. The molecule has 3 heterocycles. The average molecular weight is 388 g/mol. The number of para-hydroxylation sites is 1. The molecule has 0 N–H and O–H groups in total. The molecule has 5 nitrogen and oxygen atoms in total. The highest BCUT2D eigenvalue weighted by atomic mass is 32.1. The standard InChI is InChI=1S/C22H20N4OS/c27-22(17-10-8-16(9-11-17)15-25-13-4-12-23-25)26-14-3-6-19(26)21-24-18-5-1-2-7-20(18)28-21/h1-2,4-5,7-13,19H,3,6,14-15H2/t19-/m0/s1. The Labute approximate surface area is 167 Å². The molecule has 0 bridgehead atoms. The molecular weight excluding hydrogens is 368 g/mol. The summed E-state index contributed by atoms with van der Waals surface area (Å²) in [5.74, 6) is 0.0902. The van der Waals surface area contributed by atoms with Crippen LogP contribution in [0.1, 0.15) is 39.8 Å². The summed E-state index contributed by atoms with van der Waals surface area (Å²) >= 11 is 1.70. The van der Waals surface area contributed by atoms with E-state index in [2.05, 4.69) is 11.2 Å². The van der Waals surface area contributed by atoms with E-state index in [4.69, 9.17) is 4.98 Å². The fourth-order valence-corrected chi connectivity index (χ4v) is 4.91. The van der Waals surface area contributed by atoms with Crippen LogP contribution in [0.2, 0.25) is 0 Å². The first-order valence-electron chi connectivity index (χ1n) is 9.51. The van der Waals surface area contributed by atoms with Gasteiger partial charge in [-0.2, -0.15) is 5.10 Å². The normalized spacial score (nSPS) is 16.7. The molecule has 1 atom stereocenters. The highest BCUT2D eigenvalue weighted by Gasteiger charge is 2.32. The predicted molar refractivity (Wildman–Crippen MR) is 110 cm³/mol. The van der Waals surface area contributed by atoms with Gasteiger partial charge in [0.25, 0.3) is 5.91 Å². The maximum Gasteiger partial charge on any atom is 0.254 e. The number of aromatic nitrogens is 3. The van der Waals surface area contributed by atoms with Gasteiger partial charge in [0.15, 0.2) is 0 Å². The topological polar surface area (TPSA) is 51.0 Å². The minimum Gasteiger partial charge on any atom is -0.329 e. The van der Waals surface area contributed by atoms with E-state index in [1.54, 1.807) is 17.5 Å². The Morgan fingerprint density at radius 1 is 1.11 bits per heavy atom. The SMILES string of the molecule is O=C(c1ccc(Cn2cccn2)cc1)N1CCC[C@H]1c1nc2ccccc2s1. The number of amides is 1. The van der Waals surface area contributed by atoms with Crippen LogP contribution in [0.25, 0.3) is 10.2 Å². The summed E-state index contributed by atoms with van der Waals surface area (Å²) in [6.07, 6.45) is 5.70. The van der Waals surface area contributed by atoms with Gasteiger partial charge in [0.05, 0.1) is 22.8 Å². The van der Waals surface area contributed by atoms with E-state index >= 15 is 0 Å². The molecule has 1 aliphatic rings. The fourth-order valence-electron chi connectivity index (χ4n) is 3.80. The summed E-state index contributed by atoms with van der Waals surface area (Å²) in [6.45, 7) is 1.49. The van der Waals surface area contributed by atoms with E-state index in [1.165, 1.54) is 4.70 Å². The van der Waals surface area contributed by atoms with Crippen molar-refractivity contribution in [2.75, 3.05) is 6.54 Å². The molecule has 1 fully saturated rings. The third-order valence-electron chi connectivity index (χ3n) is 5.21. The lowest BCUT2D eigenvalue weighted by atomic mass is 10.1. The summed E-state index contributed by atoms with van der Waals surface area (Å²) in [6, 6.07) is 18.0. The van der Waals surface area contributed by atoms with Crippen LogP contribution < -0.4 is 0 Å². The molecule has 0 saturated carbocycles. The van der Waals surface area contributed by atoms with E-state index in [-0.39, 0.29) is 11.9 Å². The maximum atomic E-state index is 13.2. The van der Waals surface area contributed by atoms with Gasteiger partial charge < -0.3 is 4.90 Å². The smallest absolute Gasteiger partial charge is 0.254 e. The summed E-state index contributed by atoms with van der Waals surface area (Å²) in [7, 11) is 0. The molecule has 6 heteroatoms. The van der Waals surface area contributed by atoms with Gasteiger partial charge in [-0.3, -0.25) is 9.48 Å². The zero-order chi connectivity index (χ0) is 18.9. The third kappa shape index (κ3) is 3.20. The number of carbonyl (C=O) groups excluding carboxylic acids is 1. The van der Waals surface area contributed by atoms with E-state index in [0.29, 0.717) is 6.54 Å². The van der Waals surface area contributed by atoms with Crippen LogP contribution in [0.15, 0.2) is 67.0 Å². The third-order valence-corrected chi connectivity index (χ3v) is 6.35. The minimum absolute atomic E-state index is 0.0775.